The van der Waals surface area contributed by atoms with Gasteiger partial charge in [0.25, 0.3) is 0 Å². The lowest BCUT2D eigenvalue weighted by Crippen LogP contribution is -2.48. The van der Waals surface area contributed by atoms with Gasteiger partial charge < -0.3 is 4.74 Å². The maximum Gasteiger partial charge on any atom is 0.454 e. The minimum absolute atomic E-state index is 0.222. The second kappa shape index (κ2) is 2.88. The van der Waals surface area contributed by atoms with Crippen molar-refractivity contribution < 1.29 is 31.1 Å². The maximum absolute atomic E-state index is 12.1. The molecule has 0 aliphatic rings. The monoisotopic (exact) mass is 182 g/mol. The average Bonchev–Trinajstić information content (AvgIpc) is 1.83. The van der Waals surface area contributed by atoms with Crippen LogP contribution in [0.2, 0.25) is 0 Å². The van der Waals surface area contributed by atoms with E-state index >= 15 is 0 Å². The zero-order valence-electron chi connectivity index (χ0n) is 5.25. The summed E-state index contributed by atoms with van der Waals surface area (Å²) < 4.78 is 71.9. The zero-order chi connectivity index (χ0) is 9.28. The molecule has 1 atom stereocenters. The third-order valence-corrected chi connectivity index (χ3v) is 0.964. The van der Waals surface area contributed by atoms with Crippen LogP contribution in [-0.2, 0) is 4.74 Å². The lowest BCUT2D eigenvalue weighted by molar-refractivity contribution is -0.361. The molecule has 1 nitrogen and oxygen atoms in total. The van der Waals surface area contributed by atoms with E-state index in [-0.39, 0.29) is 7.11 Å². The van der Waals surface area contributed by atoms with Gasteiger partial charge >= 0.3 is 18.5 Å². The SMILES string of the molecule is CO[C@@](F)(C(F)F)C(F)(F)F. The standard InChI is InChI=1S/C4H4F6O/c1-11-3(7,2(5)6)4(8,9)10/h2H,1H3/t3-/m0/s1. The van der Waals surface area contributed by atoms with Crippen LogP contribution in [0.4, 0.5) is 26.3 Å². The van der Waals surface area contributed by atoms with Crippen LogP contribution in [0.15, 0.2) is 0 Å². The van der Waals surface area contributed by atoms with E-state index in [2.05, 4.69) is 4.74 Å². The number of rotatable bonds is 2. The van der Waals surface area contributed by atoms with Gasteiger partial charge in [-0.3, -0.25) is 0 Å². The molecule has 0 amide bonds. The van der Waals surface area contributed by atoms with Gasteiger partial charge in [0.15, 0.2) is 0 Å². The van der Waals surface area contributed by atoms with Gasteiger partial charge in [-0.05, 0) is 0 Å². The van der Waals surface area contributed by atoms with Crippen molar-refractivity contribution in [1.82, 2.24) is 0 Å². The maximum atomic E-state index is 12.1. The Bertz CT molecular complexity index is 131. The third kappa shape index (κ3) is 1.76. The van der Waals surface area contributed by atoms with Crippen molar-refractivity contribution in [2.75, 3.05) is 7.11 Å². The Morgan fingerprint density at radius 2 is 1.45 bits per heavy atom. The molecule has 0 spiro atoms. The van der Waals surface area contributed by atoms with E-state index in [1.54, 1.807) is 0 Å². The summed E-state index contributed by atoms with van der Waals surface area (Å²) in [6.07, 6.45) is -9.96. The summed E-state index contributed by atoms with van der Waals surface area (Å²) in [6, 6.07) is 0. The van der Waals surface area contributed by atoms with Gasteiger partial charge in [-0.2, -0.15) is 17.6 Å². The smallest absolute Gasteiger partial charge is 0.338 e. The highest BCUT2D eigenvalue weighted by Crippen LogP contribution is 2.39. The highest BCUT2D eigenvalue weighted by atomic mass is 19.4. The topological polar surface area (TPSA) is 9.23 Å². The van der Waals surface area contributed by atoms with Gasteiger partial charge in [0, 0.05) is 7.11 Å². The summed E-state index contributed by atoms with van der Waals surface area (Å²) in [4.78, 5) is 0. The molecule has 0 aromatic heterocycles. The molecular formula is C4H4F6O. The van der Waals surface area contributed by atoms with E-state index in [1.165, 1.54) is 0 Å². The quantitative estimate of drug-likeness (QED) is 0.594. The average molecular weight is 182 g/mol. The number of hydrogen-bond acceptors (Lipinski definition) is 1. The van der Waals surface area contributed by atoms with Crippen molar-refractivity contribution in [3.05, 3.63) is 0 Å². The van der Waals surface area contributed by atoms with Crippen LogP contribution in [0.1, 0.15) is 0 Å². The molecule has 0 heterocycles. The van der Waals surface area contributed by atoms with E-state index in [0.29, 0.717) is 0 Å². The molecule has 0 rings (SSSR count). The van der Waals surface area contributed by atoms with E-state index in [0.717, 1.165) is 0 Å². The highest BCUT2D eigenvalue weighted by molar-refractivity contribution is 4.79. The molecule has 0 saturated carbocycles. The molecule has 0 aliphatic carbocycles. The van der Waals surface area contributed by atoms with Gasteiger partial charge in [0.1, 0.15) is 0 Å². The molecule has 0 fully saturated rings. The van der Waals surface area contributed by atoms with Gasteiger partial charge in [0.2, 0.25) is 0 Å². The molecule has 0 aliphatic heterocycles. The van der Waals surface area contributed by atoms with Crippen molar-refractivity contribution in [2.24, 2.45) is 0 Å². The van der Waals surface area contributed by atoms with Gasteiger partial charge in [-0.25, -0.2) is 8.78 Å². The lowest BCUT2D eigenvalue weighted by Gasteiger charge is -2.24. The third-order valence-electron chi connectivity index (χ3n) is 0.964. The Morgan fingerprint density at radius 3 is 1.45 bits per heavy atom. The molecule has 0 radical (unpaired) electrons. The molecule has 7 heteroatoms. The van der Waals surface area contributed by atoms with Crippen LogP contribution in [0, 0.1) is 0 Å². The van der Waals surface area contributed by atoms with Crippen LogP contribution >= 0.6 is 0 Å². The minimum Gasteiger partial charge on any atom is -0.338 e. The van der Waals surface area contributed by atoms with Crippen molar-refractivity contribution in [3.63, 3.8) is 0 Å². The molecule has 0 saturated heterocycles. The first-order chi connectivity index (χ1) is 4.75. The number of methoxy groups -OCH3 is 1. The molecule has 0 aromatic carbocycles. The predicted octanol–water partition coefficient (Wildman–Crippen LogP) is 2.13. The summed E-state index contributed by atoms with van der Waals surface area (Å²) in [5.41, 5.74) is 0. The summed E-state index contributed by atoms with van der Waals surface area (Å²) in [5, 5.41) is 0. The van der Waals surface area contributed by atoms with Crippen LogP contribution in [-0.4, -0.2) is 25.6 Å². The Balaban J connectivity index is 4.61. The Labute approximate surface area is 57.9 Å². The highest BCUT2D eigenvalue weighted by Gasteiger charge is 2.64. The Kier molecular flexibility index (Phi) is 2.76. The molecule has 0 aromatic rings. The van der Waals surface area contributed by atoms with Crippen molar-refractivity contribution in [2.45, 2.75) is 18.5 Å². The minimum atomic E-state index is -5.71. The first kappa shape index (κ1) is 10.5. The summed E-state index contributed by atoms with van der Waals surface area (Å²) >= 11 is 0. The van der Waals surface area contributed by atoms with Crippen LogP contribution in [0.5, 0.6) is 0 Å². The number of alkyl halides is 6. The van der Waals surface area contributed by atoms with Crippen molar-refractivity contribution in [1.29, 1.82) is 0 Å². The van der Waals surface area contributed by atoms with E-state index in [1.807, 2.05) is 0 Å². The number of hydrogen-bond donors (Lipinski definition) is 0. The van der Waals surface area contributed by atoms with Gasteiger partial charge in [-0.15, -0.1) is 0 Å². The summed E-state index contributed by atoms with van der Waals surface area (Å²) in [6.45, 7) is 0. The predicted molar refractivity (Wildman–Crippen MR) is 22.9 cm³/mol. The number of ether oxygens (including phenoxy) is 1. The van der Waals surface area contributed by atoms with Crippen molar-refractivity contribution in [3.8, 4) is 0 Å². The summed E-state index contributed by atoms with van der Waals surface area (Å²) in [5.74, 6) is -4.85. The summed E-state index contributed by atoms with van der Waals surface area (Å²) in [7, 11) is 0.222. The lowest BCUT2D eigenvalue weighted by atomic mass is 10.3. The fourth-order valence-electron chi connectivity index (χ4n) is 0.329. The second-order valence-electron chi connectivity index (χ2n) is 1.65. The fraction of sp³-hybridized carbons (Fsp3) is 1.00. The van der Waals surface area contributed by atoms with Crippen LogP contribution in [0.25, 0.3) is 0 Å². The molecule has 0 N–H and O–H groups in total. The molecule has 0 unspecified atom stereocenters. The van der Waals surface area contributed by atoms with Crippen LogP contribution < -0.4 is 0 Å². The largest absolute Gasteiger partial charge is 0.454 e. The first-order valence-corrected chi connectivity index (χ1v) is 2.34. The fourth-order valence-corrected chi connectivity index (χ4v) is 0.329. The zero-order valence-corrected chi connectivity index (χ0v) is 5.25. The Morgan fingerprint density at radius 1 is 1.09 bits per heavy atom. The Hall–Kier alpha value is -0.460. The van der Waals surface area contributed by atoms with Gasteiger partial charge in [-0.1, -0.05) is 0 Å². The van der Waals surface area contributed by atoms with E-state index < -0.39 is 18.5 Å². The number of halogens is 6. The van der Waals surface area contributed by atoms with E-state index in [4.69, 9.17) is 0 Å². The molecule has 0 bridgehead atoms. The second-order valence-corrected chi connectivity index (χ2v) is 1.65. The molecular weight excluding hydrogens is 178 g/mol. The molecule has 11 heavy (non-hydrogen) atoms. The first-order valence-electron chi connectivity index (χ1n) is 2.34. The van der Waals surface area contributed by atoms with E-state index in [9.17, 15) is 26.3 Å². The van der Waals surface area contributed by atoms with Gasteiger partial charge in [0.05, 0.1) is 0 Å². The molecule has 68 valence electrons. The van der Waals surface area contributed by atoms with Crippen LogP contribution in [0.3, 0.4) is 0 Å². The van der Waals surface area contributed by atoms with Crippen molar-refractivity contribution >= 4 is 0 Å². The normalized spacial score (nSPS) is 18.5.